The molecule has 0 saturated heterocycles. The molecule has 0 aliphatic heterocycles. The summed E-state index contributed by atoms with van der Waals surface area (Å²) in [6.45, 7) is 0. The average molecular weight is 270 g/mol. The van der Waals surface area contributed by atoms with Crippen LogP contribution in [0.4, 0.5) is 0 Å². The van der Waals surface area contributed by atoms with Crippen LogP contribution in [0.1, 0.15) is 0 Å². The third-order valence-corrected chi connectivity index (χ3v) is 2.77. The number of nitrogens with zero attached hydrogens (tertiary/aromatic N) is 2. The second kappa shape index (κ2) is 4.65. The Balaban J connectivity index is 1.99. The van der Waals surface area contributed by atoms with Crippen molar-refractivity contribution in [2.75, 3.05) is 0 Å². The number of hydrogen-bond acceptors (Lipinski definition) is 5. The first-order valence-electron chi connectivity index (χ1n) is 5.87. The fourth-order valence-corrected chi connectivity index (χ4v) is 1.73. The Morgan fingerprint density at radius 3 is 2.75 bits per heavy atom. The molecule has 100 valence electrons. The first-order chi connectivity index (χ1) is 9.61. The van der Waals surface area contributed by atoms with Crippen LogP contribution in [0.3, 0.4) is 0 Å². The van der Waals surface area contributed by atoms with Gasteiger partial charge < -0.3 is 13.7 Å². The molecule has 3 rings (SSSR count). The van der Waals surface area contributed by atoms with E-state index in [-0.39, 0.29) is 5.88 Å². The van der Waals surface area contributed by atoms with Crippen LogP contribution in [0.5, 0.6) is 11.6 Å². The van der Waals surface area contributed by atoms with Gasteiger partial charge in [0.1, 0.15) is 11.3 Å². The quantitative estimate of drug-likeness (QED) is 0.662. The van der Waals surface area contributed by atoms with Gasteiger partial charge in [-0.2, -0.15) is 4.98 Å². The topological polar surface area (TPSA) is 74.3 Å². The van der Waals surface area contributed by atoms with Gasteiger partial charge in [0, 0.05) is 36.8 Å². The van der Waals surface area contributed by atoms with Crippen LogP contribution < -0.4 is 16.1 Å². The van der Waals surface area contributed by atoms with E-state index < -0.39 is 11.3 Å². The number of ether oxygens (including phenoxy) is 1. The molecule has 3 aromatic rings. The Hall–Kier alpha value is -2.89. The molecule has 0 atom stereocenters. The lowest BCUT2D eigenvalue weighted by molar-refractivity contribution is 0.455. The molecular weight excluding hydrogens is 260 g/mol. The van der Waals surface area contributed by atoms with E-state index in [2.05, 4.69) is 4.98 Å². The van der Waals surface area contributed by atoms with E-state index in [1.807, 2.05) is 0 Å². The Morgan fingerprint density at radius 1 is 1.15 bits per heavy atom. The highest BCUT2D eigenvalue weighted by molar-refractivity contribution is 5.77. The van der Waals surface area contributed by atoms with E-state index in [0.29, 0.717) is 11.3 Å². The minimum absolute atomic E-state index is 0.186. The number of aromatic nitrogens is 2. The van der Waals surface area contributed by atoms with E-state index in [4.69, 9.17) is 9.15 Å². The Bertz CT molecular complexity index is 895. The summed E-state index contributed by atoms with van der Waals surface area (Å²) in [5, 5.41) is 0.786. The summed E-state index contributed by atoms with van der Waals surface area (Å²) in [6, 6.07) is 9.64. The van der Waals surface area contributed by atoms with Crippen molar-refractivity contribution >= 4 is 11.0 Å². The maximum atomic E-state index is 11.4. The first kappa shape index (κ1) is 12.2. The number of rotatable bonds is 2. The molecular formula is C14H10N2O4. The van der Waals surface area contributed by atoms with Crippen LogP contribution in [0.25, 0.3) is 11.0 Å². The van der Waals surface area contributed by atoms with Crippen molar-refractivity contribution in [2.24, 2.45) is 7.05 Å². The van der Waals surface area contributed by atoms with Gasteiger partial charge in [0.25, 0.3) is 0 Å². The smallest absolute Gasteiger partial charge is 0.350 e. The van der Waals surface area contributed by atoms with Gasteiger partial charge in [-0.15, -0.1) is 0 Å². The molecule has 6 heteroatoms. The molecule has 1 aromatic carbocycles. The van der Waals surface area contributed by atoms with E-state index in [9.17, 15) is 9.59 Å². The van der Waals surface area contributed by atoms with Crippen LogP contribution >= 0.6 is 0 Å². The SMILES string of the molecule is Cn1ccc(Oc2ccc3ccc(=O)oc3c2)nc1=O. The van der Waals surface area contributed by atoms with Gasteiger partial charge in [-0.1, -0.05) is 0 Å². The van der Waals surface area contributed by atoms with Crippen molar-refractivity contribution in [1.82, 2.24) is 9.55 Å². The highest BCUT2D eigenvalue weighted by atomic mass is 16.5. The molecule has 2 heterocycles. The van der Waals surface area contributed by atoms with Gasteiger partial charge >= 0.3 is 11.3 Å². The highest BCUT2D eigenvalue weighted by Gasteiger charge is 2.04. The van der Waals surface area contributed by atoms with Gasteiger partial charge in [-0.25, -0.2) is 9.59 Å². The molecule has 20 heavy (non-hydrogen) atoms. The van der Waals surface area contributed by atoms with Crippen molar-refractivity contribution in [3.8, 4) is 11.6 Å². The fraction of sp³-hybridized carbons (Fsp3) is 0.0714. The van der Waals surface area contributed by atoms with Crippen molar-refractivity contribution < 1.29 is 9.15 Å². The lowest BCUT2D eigenvalue weighted by Crippen LogP contribution is -2.18. The summed E-state index contributed by atoms with van der Waals surface area (Å²) in [5.74, 6) is 0.623. The van der Waals surface area contributed by atoms with E-state index in [1.54, 1.807) is 43.6 Å². The summed E-state index contributed by atoms with van der Waals surface area (Å²) in [4.78, 5) is 26.3. The molecule has 0 unspecified atom stereocenters. The Labute approximate surface area is 112 Å². The second-order valence-corrected chi connectivity index (χ2v) is 4.22. The molecule has 0 saturated carbocycles. The summed E-state index contributed by atoms with van der Waals surface area (Å²) < 4.78 is 11.9. The Kier molecular flexibility index (Phi) is 2.83. The predicted molar refractivity (Wildman–Crippen MR) is 72.0 cm³/mol. The van der Waals surface area contributed by atoms with Crippen LogP contribution in [-0.4, -0.2) is 9.55 Å². The van der Waals surface area contributed by atoms with Crippen molar-refractivity contribution in [3.05, 3.63) is 63.5 Å². The molecule has 0 bridgehead atoms. The Morgan fingerprint density at radius 2 is 1.95 bits per heavy atom. The molecule has 0 fully saturated rings. The standard InChI is InChI=1S/C14H10N2O4/c1-16-7-6-12(15-14(16)18)19-10-4-2-9-3-5-13(17)20-11(9)8-10/h2-8H,1H3. The normalized spacial score (nSPS) is 10.7. The van der Waals surface area contributed by atoms with Gasteiger partial charge in [-0.3, -0.25) is 0 Å². The number of aryl methyl sites for hydroxylation is 1. The third kappa shape index (κ3) is 2.31. The zero-order valence-electron chi connectivity index (χ0n) is 10.6. The summed E-state index contributed by atoms with van der Waals surface area (Å²) in [5.41, 5.74) is -0.421. The zero-order chi connectivity index (χ0) is 14.1. The van der Waals surface area contributed by atoms with Crippen LogP contribution in [0.15, 0.2) is 56.6 Å². The minimum Gasteiger partial charge on any atom is -0.439 e. The molecule has 0 radical (unpaired) electrons. The lowest BCUT2D eigenvalue weighted by Gasteiger charge is -2.05. The predicted octanol–water partition coefficient (Wildman–Crippen LogP) is 1.68. The molecule has 6 nitrogen and oxygen atoms in total. The lowest BCUT2D eigenvalue weighted by atomic mass is 10.2. The van der Waals surface area contributed by atoms with Crippen molar-refractivity contribution in [3.63, 3.8) is 0 Å². The minimum atomic E-state index is -0.429. The monoisotopic (exact) mass is 270 g/mol. The second-order valence-electron chi connectivity index (χ2n) is 4.22. The van der Waals surface area contributed by atoms with E-state index in [1.165, 1.54) is 10.6 Å². The van der Waals surface area contributed by atoms with Crippen molar-refractivity contribution in [2.45, 2.75) is 0 Å². The third-order valence-electron chi connectivity index (χ3n) is 2.77. The van der Waals surface area contributed by atoms with Crippen molar-refractivity contribution in [1.29, 1.82) is 0 Å². The van der Waals surface area contributed by atoms with Gasteiger partial charge in [0.05, 0.1) is 0 Å². The summed E-state index contributed by atoms with van der Waals surface area (Å²) in [7, 11) is 1.60. The van der Waals surface area contributed by atoms with E-state index in [0.717, 1.165) is 5.39 Å². The maximum Gasteiger partial charge on any atom is 0.350 e. The maximum absolute atomic E-state index is 11.4. The molecule has 2 aromatic heterocycles. The molecule has 0 aliphatic rings. The zero-order valence-corrected chi connectivity index (χ0v) is 10.6. The summed E-state index contributed by atoms with van der Waals surface area (Å²) >= 11 is 0. The fourth-order valence-electron chi connectivity index (χ4n) is 1.73. The molecule has 0 aliphatic carbocycles. The number of fused-ring (bicyclic) bond motifs is 1. The van der Waals surface area contributed by atoms with Gasteiger partial charge in [-0.05, 0) is 18.2 Å². The largest absolute Gasteiger partial charge is 0.439 e. The molecule has 0 N–H and O–H groups in total. The molecule has 0 amide bonds. The number of hydrogen-bond donors (Lipinski definition) is 0. The van der Waals surface area contributed by atoms with Crippen LogP contribution in [0, 0.1) is 0 Å². The number of benzene rings is 1. The van der Waals surface area contributed by atoms with Gasteiger partial charge in [0.2, 0.25) is 5.88 Å². The molecule has 0 spiro atoms. The van der Waals surface area contributed by atoms with Gasteiger partial charge in [0.15, 0.2) is 0 Å². The van der Waals surface area contributed by atoms with E-state index >= 15 is 0 Å². The summed E-state index contributed by atoms with van der Waals surface area (Å²) in [6.07, 6.45) is 1.56. The van der Waals surface area contributed by atoms with Crippen LogP contribution in [0.2, 0.25) is 0 Å². The first-order valence-corrected chi connectivity index (χ1v) is 5.87. The average Bonchev–Trinajstić information content (AvgIpc) is 2.42. The van der Waals surface area contributed by atoms with Crippen LogP contribution in [-0.2, 0) is 7.05 Å². The highest BCUT2D eigenvalue weighted by Crippen LogP contribution is 2.23.